The van der Waals surface area contributed by atoms with Gasteiger partial charge in [-0.15, -0.1) is 0 Å². The molecule has 0 spiro atoms. The van der Waals surface area contributed by atoms with Crippen LogP contribution in [-0.4, -0.2) is 109 Å². The van der Waals surface area contributed by atoms with Crippen molar-refractivity contribution in [3.63, 3.8) is 0 Å². The third kappa shape index (κ3) is 249. The number of hydrogen-bond donors (Lipinski definition) is 0. The number of hydrogen-bond acceptors (Lipinski definition) is 8. The molecule has 0 atom stereocenters. The normalized spacial score (nSPS) is 9.08. The topological polar surface area (TPSA) is 172 Å². The minimum atomic E-state index is -6.10. The zero-order chi connectivity index (χ0) is 9.00. The molecule has 0 fully saturated rings. The van der Waals surface area contributed by atoms with Crippen LogP contribution in [0, 0.1) is 0 Å². The van der Waals surface area contributed by atoms with Crippen molar-refractivity contribution >= 4 is 109 Å². The predicted molar refractivity (Wildman–Crippen MR) is 30.1 cm³/mol. The maximum absolute atomic E-state index is 8.64. The van der Waals surface area contributed by atoms with Gasteiger partial charge < -0.3 is 0 Å². The predicted octanol–water partition coefficient (Wildman–Crippen LogP) is -9.28. The van der Waals surface area contributed by atoms with E-state index in [0.29, 0.717) is 0 Å². The first-order valence-electron chi connectivity index (χ1n) is 1.46. The fourth-order valence-corrected chi connectivity index (χ4v) is 0. The van der Waals surface area contributed by atoms with Gasteiger partial charge in [0.1, 0.15) is 0 Å². The van der Waals surface area contributed by atoms with Crippen LogP contribution in [-0.2, 0) is 6.03 Å². The molecule has 64 valence electrons. The molecule has 0 bridgehead atoms. The Kier molecular flexibility index (Phi) is 30.7. The van der Waals surface area contributed by atoms with Gasteiger partial charge >= 0.3 is 136 Å². The Morgan fingerprint density at radius 2 is 0.538 bits per heavy atom. The summed E-state index contributed by atoms with van der Waals surface area (Å²) in [5.41, 5.74) is 0. The van der Waals surface area contributed by atoms with Gasteiger partial charge in [-0.05, 0) is 0 Å². The van der Waals surface area contributed by atoms with Gasteiger partial charge in [0.25, 0.3) is 0 Å². The van der Waals surface area contributed by atoms with E-state index in [2.05, 4.69) is 0 Å². The third-order valence-electron chi connectivity index (χ3n) is 0. The summed E-state index contributed by atoms with van der Waals surface area (Å²) >= 11 is -12.2. The molecule has 13 heavy (non-hydrogen) atoms. The van der Waals surface area contributed by atoms with E-state index in [9.17, 15) is 0 Å². The molecule has 13 heteroatoms. The molecule has 0 N–H and O–H groups in total. The first-order chi connectivity index (χ1) is 4.00. The average Bonchev–Trinajstić information content (AvgIpc) is 1.12. The van der Waals surface area contributed by atoms with Crippen LogP contribution in [0.4, 0.5) is 0 Å². The summed E-state index contributed by atoms with van der Waals surface area (Å²) in [6.07, 6.45) is 0. The second-order valence-electron chi connectivity index (χ2n) is 0.894. The van der Waals surface area contributed by atoms with Crippen LogP contribution in [0.5, 0.6) is 0 Å². The molecular weight excluding hydrogens is 444 g/mol. The molecule has 0 saturated carbocycles. The van der Waals surface area contributed by atoms with Crippen molar-refractivity contribution in [2.75, 3.05) is 0 Å². The molecule has 0 rings (SSSR count). The summed E-state index contributed by atoms with van der Waals surface area (Å²) in [5.74, 6) is 0. The van der Waals surface area contributed by atoms with E-state index in [0.717, 1.165) is 0 Å². The molecule has 0 aliphatic heterocycles. The van der Waals surface area contributed by atoms with Crippen molar-refractivity contribution in [2.45, 2.75) is 0 Å². The molecule has 0 aromatic heterocycles. The zero-order valence-corrected chi connectivity index (χ0v) is 15.6. The van der Waals surface area contributed by atoms with Crippen LogP contribution in [0.25, 0.3) is 0 Å². The second kappa shape index (κ2) is 13.4. The molecule has 0 amide bonds. The SMILES string of the molecule is [Mg+2].[Mg+2].[Mg+2].[O]=[Sb]([O-])([O-])[O-].[O]=[Sb]([O-])([O-])[O-]. The fourth-order valence-electron chi connectivity index (χ4n) is 0. The fraction of sp³-hybridized carbons (Fsp3) is 0. The van der Waals surface area contributed by atoms with Gasteiger partial charge in [0.2, 0.25) is 0 Å². The van der Waals surface area contributed by atoms with Crippen molar-refractivity contribution in [1.29, 1.82) is 0 Å². The Bertz CT molecular complexity index is 130. The van der Waals surface area contributed by atoms with Gasteiger partial charge in [-0.1, -0.05) is 0 Å². The molecule has 0 saturated heterocycles. The number of rotatable bonds is 0. The summed E-state index contributed by atoms with van der Waals surface area (Å²) < 4.78 is 69.1. The second-order valence-corrected chi connectivity index (χ2v) is 6.00. The Hall–Kier alpha value is 3.30. The average molecular weight is 444 g/mol. The van der Waals surface area contributed by atoms with Crippen molar-refractivity contribution < 1.29 is 26.3 Å². The van der Waals surface area contributed by atoms with Crippen molar-refractivity contribution in [2.24, 2.45) is 0 Å². The van der Waals surface area contributed by atoms with Crippen molar-refractivity contribution in [1.82, 2.24) is 0 Å². The third-order valence-corrected chi connectivity index (χ3v) is 0. The van der Waals surface area contributed by atoms with E-state index in [4.69, 9.17) is 26.3 Å². The van der Waals surface area contributed by atoms with Crippen LogP contribution in [0.2, 0.25) is 0 Å². The summed E-state index contributed by atoms with van der Waals surface area (Å²) in [4.78, 5) is 0. The van der Waals surface area contributed by atoms with E-state index >= 15 is 0 Å². The minimum absolute atomic E-state index is 0. The van der Waals surface area contributed by atoms with Crippen LogP contribution >= 0.6 is 0 Å². The molecule has 0 radical (unpaired) electrons. The maximum atomic E-state index is 8.64. The Morgan fingerprint density at radius 1 is 0.538 bits per heavy atom. The van der Waals surface area contributed by atoms with E-state index in [1.54, 1.807) is 0 Å². The Balaban J connectivity index is -0.0000000267. The van der Waals surface area contributed by atoms with Gasteiger partial charge in [0.15, 0.2) is 0 Å². The first kappa shape index (κ1) is 29.9. The molecular formula is Mg3O8Sb2. The van der Waals surface area contributed by atoms with Gasteiger partial charge in [-0.25, -0.2) is 0 Å². The summed E-state index contributed by atoms with van der Waals surface area (Å²) in [7, 11) is 0. The standard InChI is InChI=1S/3Mg.8O.2Sb/q3*+2;;;6*-1;;. The van der Waals surface area contributed by atoms with Crippen molar-refractivity contribution in [3.8, 4) is 0 Å². The molecule has 0 aromatic carbocycles. The van der Waals surface area contributed by atoms with E-state index in [-0.39, 0.29) is 69.2 Å². The first-order valence-corrected chi connectivity index (χ1v) is 9.80. The molecule has 0 heterocycles. The van der Waals surface area contributed by atoms with Crippen LogP contribution < -0.4 is 20.3 Å². The zero-order valence-electron chi connectivity index (χ0n) is 6.28. The van der Waals surface area contributed by atoms with Gasteiger partial charge in [-0.3, -0.25) is 0 Å². The molecule has 0 aliphatic rings. The van der Waals surface area contributed by atoms with Crippen molar-refractivity contribution in [3.05, 3.63) is 0 Å². The van der Waals surface area contributed by atoms with Crippen LogP contribution in [0.3, 0.4) is 0 Å². The summed E-state index contributed by atoms with van der Waals surface area (Å²) in [6.45, 7) is 0. The Morgan fingerprint density at radius 3 is 0.538 bits per heavy atom. The van der Waals surface area contributed by atoms with Crippen LogP contribution in [0.15, 0.2) is 0 Å². The monoisotopic (exact) mass is 442 g/mol. The van der Waals surface area contributed by atoms with Gasteiger partial charge in [0.05, 0.1) is 0 Å². The van der Waals surface area contributed by atoms with Gasteiger partial charge in [-0.2, -0.15) is 0 Å². The molecule has 0 unspecified atom stereocenters. The van der Waals surface area contributed by atoms with E-state index < -0.39 is 40.1 Å². The Labute approximate surface area is 133 Å². The molecule has 0 aromatic rings. The van der Waals surface area contributed by atoms with E-state index in [1.165, 1.54) is 0 Å². The quantitative estimate of drug-likeness (QED) is 0.331. The van der Waals surface area contributed by atoms with Gasteiger partial charge in [0, 0.05) is 0 Å². The summed E-state index contributed by atoms with van der Waals surface area (Å²) in [5, 5.41) is 0. The van der Waals surface area contributed by atoms with E-state index in [1.807, 2.05) is 0 Å². The summed E-state index contributed by atoms with van der Waals surface area (Å²) in [6, 6.07) is 0. The molecule has 0 aliphatic carbocycles. The van der Waals surface area contributed by atoms with Crippen LogP contribution in [0.1, 0.15) is 0 Å². The molecule has 8 nitrogen and oxygen atoms in total.